The van der Waals surface area contributed by atoms with Crippen molar-refractivity contribution >= 4 is 6.09 Å². The molecule has 0 aliphatic carbocycles. The lowest BCUT2D eigenvalue weighted by atomic mass is 10.1. The van der Waals surface area contributed by atoms with Crippen molar-refractivity contribution in [3.63, 3.8) is 0 Å². The number of likely N-dealkylation sites (N-methyl/N-ethyl adjacent to an activating group) is 1. The first-order chi connectivity index (χ1) is 10.1. The van der Waals surface area contributed by atoms with Crippen LogP contribution in [-0.4, -0.2) is 42.7 Å². The monoisotopic (exact) mass is 295 g/mol. The zero-order chi connectivity index (χ0) is 16.1. The van der Waals surface area contributed by atoms with Crippen LogP contribution < -0.4 is 5.32 Å². The zero-order valence-electron chi connectivity index (χ0n) is 13.9. The molecule has 0 aliphatic heterocycles. The second-order valence-electron chi connectivity index (χ2n) is 4.71. The van der Waals surface area contributed by atoms with E-state index < -0.39 is 0 Å². The Morgan fingerprint density at radius 2 is 1.90 bits per heavy atom. The van der Waals surface area contributed by atoms with Gasteiger partial charge in [-0.2, -0.15) is 0 Å². The molecule has 0 radical (unpaired) electrons. The number of methoxy groups -OCH3 is 1. The maximum Gasteiger partial charge on any atom is 0.406 e. The van der Waals surface area contributed by atoms with Crippen LogP contribution >= 0.6 is 0 Å². The molecule has 0 aromatic carbocycles. The Morgan fingerprint density at radius 1 is 1.33 bits per heavy atom. The molecule has 5 heteroatoms. The number of ether oxygens (including phenoxy) is 1. The van der Waals surface area contributed by atoms with Gasteiger partial charge in [-0.3, -0.25) is 9.88 Å². The molecule has 1 rings (SSSR count). The number of hydrogen-bond acceptors (Lipinski definition) is 4. The lowest BCUT2D eigenvalue weighted by Crippen LogP contribution is -2.36. The van der Waals surface area contributed by atoms with Crippen molar-refractivity contribution in [3.8, 4) is 0 Å². The molecular formula is C16H29N3O2. The molecule has 1 heterocycles. The van der Waals surface area contributed by atoms with Gasteiger partial charge in [-0.1, -0.05) is 27.2 Å². The summed E-state index contributed by atoms with van der Waals surface area (Å²) >= 11 is 0. The fourth-order valence-corrected chi connectivity index (χ4v) is 1.85. The lowest BCUT2D eigenvalue weighted by molar-refractivity contribution is 0.165. The number of aromatic nitrogens is 1. The highest BCUT2D eigenvalue weighted by Gasteiger charge is 2.13. The Morgan fingerprint density at radius 3 is 2.38 bits per heavy atom. The van der Waals surface area contributed by atoms with Crippen LogP contribution in [0.3, 0.4) is 0 Å². The molecule has 1 unspecified atom stereocenters. The van der Waals surface area contributed by atoms with E-state index in [0.29, 0.717) is 12.6 Å². The van der Waals surface area contributed by atoms with Crippen molar-refractivity contribution in [1.29, 1.82) is 0 Å². The summed E-state index contributed by atoms with van der Waals surface area (Å²) in [7, 11) is 1.37. The van der Waals surface area contributed by atoms with E-state index in [1.165, 1.54) is 19.1 Å². The molecule has 120 valence electrons. The number of carbonyl (C=O) groups is 1. The summed E-state index contributed by atoms with van der Waals surface area (Å²) in [5, 5.41) is 2.69. The number of amides is 1. The van der Waals surface area contributed by atoms with Gasteiger partial charge in [-0.05, 0) is 31.2 Å². The molecule has 5 nitrogen and oxygen atoms in total. The van der Waals surface area contributed by atoms with E-state index in [-0.39, 0.29) is 6.09 Å². The predicted octanol–water partition coefficient (Wildman–Crippen LogP) is 3.24. The van der Waals surface area contributed by atoms with E-state index in [1.807, 2.05) is 12.1 Å². The van der Waals surface area contributed by atoms with Gasteiger partial charge in [-0.25, -0.2) is 4.79 Å². The van der Waals surface area contributed by atoms with Crippen LogP contribution in [0.2, 0.25) is 0 Å². The number of nitrogens with one attached hydrogen (secondary N) is 1. The number of nitrogens with zero attached hydrogens (tertiary/aromatic N) is 2. The highest BCUT2D eigenvalue weighted by Crippen LogP contribution is 2.18. The van der Waals surface area contributed by atoms with E-state index in [1.54, 1.807) is 12.4 Å². The summed E-state index contributed by atoms with van der Waals surface area (Å²) < 4.78 is 4.53. The SMILES string of the molecule is CCC.CCN(CCNC(=O)OC)C(C)c1ccncc1. The van der Waals surface area contributed by atoms with E-state index in [4.69, 9.17) is 0 Å². The van der Waals surface area contributed by atoms with Gasteiger partial charge in [0.25, 0.3) is 0 Å². The van der Waals surface area contributed by atoms with Gasteiger partial charge in [-0.15, -0.1) is 0 Å². The summed E-state index contributed by atoms with van der Waals surface area (Å²) in [4.78, 5) is 17.3. The van der Waals surface area contributed by atoms with Crippen LogP contribution in [0.4, 0.5) is 4.79 Å². The van der Waals surface area contributed by atoms with Crippen LogP contribution in [0, 0.1) is 0 Å². The van der Waals surface area contributed by atoms with Crippen LogP contribution in [0.15, 0.2) is 24.5 Å². The fraction of sp³-hybridized carbons (Fsp3) is 0.625. The third-order valence-corrected chi connectivity index (χ3v) is 3.00. The molecule has 0 bridgehead atoms. The van der Waals surface area contributed by atoms with Gasteiger partial charge < -0.3 is 10.1 Å². The molecule has 1 N–H and O–H groups in total. The highest BCUT2D eigenvalue weighted by molar-refractivity contribution is 5.66. The van der Waals surface area contributed by atoms with Crippen LogP contribution in [0.1, 0.15) is 45.7 Å². The second kappa shape index (κ2) is 12.1. The first-order valence-corrected chi connectivity index (χ1v) is 7.56. The molecule has 0 saturated carbocycles. The van der Waals surface area contributed by atoms with Crippen molar-refractivity contribution in [2.75, 3.05) is 26.7 Å². The topological polar surface area (TPSA) is 54.5 Å². The van der Waals surface area contributed by atoms with Crippen molar-refractivity contribution in [1.82, 2.24) is 15.2 Å². The fourth-order valence-electron chi connectivity index (χ4n) is 1.85. The molecule has 21 heavy (non-hydrogen) atoms. The first-order valence-electron chi connectivity index (χ1n) is 7.56. The largest absolute Gasteiger partial charge is 0.453 e. The van der Waals surface area contributed by atoms with Crippen LogP contribution in [0.5, 0.6) is 0 Å². The Hall–Kier alpha value is -1.62. The third-order valence-electron chi connectivity index (χ3n) is 3.00. The lowest BCUT2D eigenvalue weighted by Gasteiger charge is -2.28. The smallest absolute Gasteiger partial charge is 0.406 e. The van der Waals surface area contributed by atoms with E-state index in [9.17, 15) is 4.79 Å². The number of carbonyl (C=O) groups excluding carboxylic acids is 1. The van der Waals surface area contributed by atoms with E-state index in [2.05, 4.69) is 47.6 Å². The molecule has 1 aromatic rings. The Labute approximate surface area is 128 Å². The zero-order valence-corrected chi connectivity index (χ0v) is 13.9. The van der Waals surface area contributed by atoms with Gasteiger partial charge in [0, 0.05) is 31.5 Å². The Kier molecular flexibility index (Phi) is 11.2. The highest BCUT2D eigenvalue weighted by atomic mass is 16.5. The van der Waals surface area contributed by atoms with Gasteiger partial charge in [0.05, 0.1) is 7.11 Å². The summed E-state index contributed by atoms with van der Waals surface area (Å²) in [6.07, 6.45) is 4.46. The summed E-state index contributed by atoms with van der Waals surface area (Å²) in [6.45, 7) is 10.8. The predicted molar refractivity (Wildman–Crippen MR) is 86.3 cm³/mol. The molecule has 1 aromatic heterocycles. The van der Waals surface area contributed by atoms with Crippen molar-refractivity contribution < 1.29 is 9.53 Å². The minimum absolute atomic E-state index is 0.303. The summed E-state index contributed by atoms with van der Waals surface area (Å²) in [6, 6.07) is 4.33. The molecule has 0 saturated heterocycles. The quantitative estimate of drug-likeness (QED) is 0.875. The Bertz CT molecular complexity index is 371. The Balaban J connectivity index is 0.00000122. The maximum atomic E-state index is 11.0. The number of rotatable bonds is 6. The molecule has 0 fully saturated rings. The maximum absolute atomic E-state index is 11.0. The molecule has 0 spiro atoms. The number of hydrogen-bond donors (Lipinski definition) is 1. The minimum Gasteiger partial charge on any atom is -0.453 e. The van der Waals surface area contributed by atoms with Crippen LogP contribution in [0.25, 0.3) is 0 Å². The van der Waals surface area contributed by atoms with Crippen LogP contribution in [-0.2, 0) is 4.74 Å². The standard InChI is InChI=1S/C13H21N3O2.C3H8/c1-4-16(10-9-15-13(17)18-3)11(2)12-5-7-14-8-6-12;1-3-2/h5-8,11H,4,9-10H2,1-3H3,(H,15,17);3H2,1-2H3. The first kappa shape index (κ1) is 19.4. The number of pyridine rings is 1. The number of alkyl carbamates (subject to hydrolysis) is 1. The molecule has 1 amide bonds. The third kappa shape index (κ3) is 8.30. The minimum atomic E-state index is -0.386. The average Bonchev–Trinajstić information content (AvgIpc) is 2.52. The van der Waals surface area contributed by atoms with Crippen molar-refractivity contribution in [3.05, 3.63) is 30.1 Å². The molecule has 1 atom stereocenters. The molecular weight excluding hydrogens is 266 g/mol. The molecule has 0 aliphatic rings. The van der Waals surface area contributed by atoms with Gasteiger partial charge in [0.15, 0.2) is 0 Å². The van der Waals surface area contributed by atoms with Gasteiger partial charge in [0.2, 0.25) is 0 Å². The summed E-state index contributed by atoms with van der Waals surface area (Å²) in [5.74, 6) is 0. The second-order valence-corrected chi connectivity index (χ2v) is 4.71. The van der Waals surface area contributed by atoms with Crippen molar-refractivity contribution in [2.45, 2.75) is 40.2 Å². The average molecular weight is 295 g/mol. The van der Waals surface area contributed by atoms with E-state index in [0.717, 1.165) is 13.1 Å². The van der Waals surface area contributed by atoms with Gasteiger partial charge in [0.1, 0.15) is 0 Å². The van der Waals surface area contributed by atoms with Gasteiger partial charge >= 0.3 is 6.09 Å². The van der Waals surface area contributed by atoms with E-state index >= 15 is 0 Å². The normalized spacial score (nSPS) is 11.3. The van der Waals surface area contributed by atoms with Crippen molar-refractivity contribution in [2.24, 2.45) is 0 Å². The summed E-state index contributed by atoms with van der Waals surface area (Å²) in [5.41, 5.74) is 1.23.